The number of hydrogen-bond acceptors (Lipinski definition) is 4. The Bertz CT molecular complexity index is 265. The van der Waals surface area contributed by atoms with E-state index in [1.165, 1.54) is 6.08 Å². The maximum absolute atomic E-state index is 11.2. The molecule has 78 valence electrons. The lowest BCUT2D eigenvalue weighted by molar-refractivity contribution is -0.140. The van der Waals surface area contributed by atoms with Crippen LogP contribution in [0.2, 0.25) is 0 Å². The van der Waals surface area contributed by atoms with Gasteiger partial charge in [-0.15, -0.1) is 0 Å². The molecule has 0 rings (SSSR count). The quantitative estimate of drug-likeness (QED) is 0.292. The number of esters is 1. The van der Waals surface area contributed by atoms with Crippen LogP contribution in [0.3, 0.4) is 0 Å². The molecule has 0 aromatic carbocycles. The largest absolute Gasteiger partial charge is 0.462 e. The third kappa shape index (κ3) is 5.27. The number of carbonyl (C=O) groups is 1. The fourth-order valence-corrected chi connectivity index (χ4v) is 0.626. The van der Waals surface area contributed by atoms with Crippen molar-refractivity contribution in [1.29, 1.82) is 0 Å². The van der Waals surface area contributed by atoms with E-state index in [0.717, 1.165) is 12.6 Å². The first-order valence-electron chi connectivity index (χ1n) is 4.52. The fourth-order valence-electron chi connectivity index (χ4n) is 0.626. The Morgan fingerprint density at radius 2 is 2.29 bits per heavy atom. The van der Waals surface area contributed by atoms with Gasteiger partial charge in [-0.3, -0.25) is 0 Å². The second-order valence-corrected chi connectivity index (χ2v) is 3.14. The monoisotopic (exact) mass is 197 g/mol. The van der Waals surface area contributed by atoms with Crippen molar-refractivity contribution in [3.63, 3.8) is 0 Å². The Morgan fingerprint density at radius 1 is 1.64 bits per heavy atom. The maximum Gasteiger partial charge on any atom is 0.335 e. The Balaban J connectivity index is 4.02. The van der Waals surface area contributed by atoms with Crippen LogP contribution >= 0.6 is 0 Å². The summed E-state index contributed by atoms with van der Waals surface area (Å²) in [6, 6.07) is 0. The first-order valence-corrected chi connectivity index (χ1v) is 4.52. The summed E-state index contributed by atoms with van der Waals surface area (Å²) in [5.74, 6) is -0.0920. The molecular formula is C10H15NO3. The Morgan fingerprint density at radius 3 is 2.79 bits per heavy atom. The molecule has 0 aliphatic heterocycles. The standard InChI is InChI=1S/C10H15NO3/c1-4-8(2)6-14-10(13)9(3)5-11-7-12/h5,8H,4,6H2,1-3H3. The van der Waals surface area contributed by atoms with Gasteiger partial charge in [-0.25, -0.2) is 9.59 Å². The van der Waals surface area contributed by atoms with Gasteiger partial charge in [-0.05, 0) is 12.8 Å². The van der Waals surface area contributed by atoms with Gasteiger partial charge in [0.25, 0.3) is 0 Å². The van der Waals surface area contributed by atoms with Crippen molar-refractivity contribution < 1.29 is 14.3 Å². The van der Waals surface area contributed by atoms with Crippen molar-refractivity contribution in [3.05, 3.63) is 11.8 Å². The zero-order valence-corrected chi connectivity index (χ0v) is 8.74. The van der Waals surface area contributed by atoms with Gasteiger partial charge in [0.1, 0.15) is 0 Å². The number of ether oxygens (including phenoxy) is 1. The average Bonchev–Trinajstić information content (AvgIpc) is 2.21. The number of nitrogens with zero attached hydrogens (tertiary/aromatic N) is 1. The highest BCUT2D eigenvalue weighted by Gasteiger charge is 2.07. The highest BCUT2D eigenvalue weighted by molar-refractivity contribution is 5.87. The molecule has 0 spiro atoms. The van der Waals surface area contributed by atoms with E-state index >= 15 is 0 Å². The van der Waals surface area contributed by atoms with E-state index in [1.54, 1.807) is 6.92 Å². The van der Waals surface area contributed by atoms with Crippen molar-refractivity contribution in [2.75, 3.05) is 6.61 Å². The Hall–Kier alpha value is -1.41. The molecule has 0 amide bonds. The highest BCUT2D eigenvalue weighted by atomic mass is 16.5. The van der Waals surface area contributed by atoms with Crippen molar-refractivity contribution in [2.24, 2.45) is 10.9 Å². The summed E-state index contributed by atoms with van der Waals surface area (Å²) in [6.45, 7) is 5.96. The van der Waals surface area contributed by atoms with Crippen LogP contribution in [0.5, 0.6) is 0 Å². The van der Waals surface area contributed by atoms with Crippen molar-refractivity contribution in [3.8, 4) is 0 Å². The van der Waals surface area contributed by atoms with Crippen LogP contribution < -0.4 is 0 Å². The predicted molar refractivity (Wildman–Crippen MR) is 52.3 cm³/mol. The average molecular weight is 197 g/mol. The minimum Gasteiger partial charge on any atom is -0.462 e. The van der Waals surface area contributed by atoms with Gasteiger partial charge in [-0.1, -0.05) is 20.3 Å². The first kappa shape index (κ1) is 12.6. The van der Waals surface area contributed by atoms with Crippen molar-refractivity contribution in [1.82, 2.24) is 0 Å². The van der Waals surface area contributed by atoms with Gasteiger partial charge in [0, 0.05) is 0 Å². The van der Waals surface area contributed by atoms with Gasteiger partial charge in [0.2, 0.25) is 6.08 Å². The molecule has 0 radical (unpaired) electrons. The van der Waals surface area contributed by atoms with Crippen molar-refractivity contribution in [2.45, 2.75) is 27.2 Å². The second-order valence-electron chi connectivity index (χ2n) is 3.14. The summed E-state index contributed by atoms with van der Waals surface area (Å²) < 4.78 is 4.96. The van der Waals surface area contributed by atoms with Crippen LogP contribution in [0, 0.1) is 5.92 Å². The van der Waals surface area contributed by atoms with Gasteiger partial charge in [0.05, 0.1) is 18.4 Å². The fraction of sp³-hybridized carbons (Fsp3) is 0.600. The highest BCUT2D eigenvalue weighted by Crippen LogP contribution is 2.03. The molecule has 0 aromatic rings. The molecule has 0 aliphatic rings. The maximum atomic E-state index is 11.2. The van der Waals surface area contributed by atoms with E-state index in [0.29, 0.717) is 18.1 Å². The van der Waals surface area contributed by atoms with E-state index < -0.39 is 5.97 Å². The van der Waals surface area contributed by atoms with Crippen LogP contribution in [-0.2, 0) is 14.3 Å². The number of carbonyl (C=O) groups excluding carboxylic acids is 2. The van der Waals surface area contributed by atoms with Crippen LogP contribution in [0.15, 0.2) is 16.8 Å². The topological polar surface area (TPSA) is 55.7 Å². The van der Waals surface area contributed by atoms with Gasteiger partial charge < -0.3 is 4.74 Å². The van der Waals surface area contributed by atoms with Crippen LogP contribution in [0.1, 0.15) is 27.2 Å². The minimum absolute atomic E-state index is 0.302. The molecule has 0 saturated heterocycles. The summed E-state index contributed by atoms with van der Waals surface area (Å²) in [5.41, 5.74) is 0.302. The van der Waals surface area contributed by atoms with E-state index in [4.69, 9.17) is 4.74 Å². The number of aliphatic imine (C=N–C) groups is 1. The van der Waals surface area contributed by atoms with Crippen LogP contribution in [0.25, 0.3) is 0 Å². The third-order valence-electron chi connectivity index (χ3n) is 1.83. The van der Waals surface area contributed by atoms with Gasteiger partial charge >= 0.3 is 5.97 Å². The molecule has 0 N–H and O–H groups in total. The lowest BCUT2D eigenvalue weighted by Crippen LogP contribution is -2.11. The molecule has 4 heteroatoms. The first-order chi connectivity index (χ1) is 6.61. The predicted octanol–water partition coefficient (Wildman–Crippen LogP) is 1.82. The second kappa shape index (κ2) is 7.04. The Labute approximate surface area is 83.7 Å². The molecule has 1 atom stereocenters. The molecule has 0 fully saturated rings. The van der Waals surface area contributed by atoms with Gasteiger partial charge in [-0.2, -0.15) is 4.99 Å². The normalized spacial score (nSPS) is 12.9. The number of isocyanates is 1. The molecule has 0 saturated carbocycles. The molecule has 0 aromatic heterocycles. The SMILES string of the molecule is CCC(C)COC(=O)C(C)=CN=C=O. The molecule has 1 unspecified atom stereocenters. The van der Waals surface area contributed by atoms with E-state index in [-0.39, 0.29) is 0 Å². The summed E-state index contributed by atoms with van der Waals surface area (Å²) in [6.07, 6.45) is 3.43. The summed E-state index contributed by atoms with van der Waals surface area (Å²) >= 11 is 0. The van der Waals surface area contributed by atoms with E-state index in [9.17, 15) is 9.59 Å². The third-order valence-corrected chi connectivity index (χ3v) is 1.83. The molecule has 4 nitrogen and oxygen atoms in total. The van der Waals surface area contributed by atoms with E-state index in [2.05, 4.69) is 4.99 Å². The molecule has 0 heterocycles. The summed E-state index contributed by atoms with van der Waals surface area (Å²) in [4.78, 5) is 24.1. The molecule has 14 heavy (non-hydrogen) atoms. The van der Waals surface area contributed by atoms with Crippen molar-refractivity contribution >= 4 is 12.0 Å². The Kier molecular flexibility index (Phi) is 6.33. The van der Waals surface area contributed by atoms with Gasteiger partial charge in [0.15, 0.2) is 0 Å². The van der Waals surface area contributed by atoms with E-state index in [1.807, 2.05) is 13.8 Å². The zero-order valence-electron chi connectivity index (χ0n) is 8.74. The summed E-state index contributed by atoms with van der Waals surface area (Å²) in [7, 11) is 0. The van der Waals surface area contributed by atoms with Crippen LogP contribution in [0.4, 0.5) is 0 Å². The lowest BCUT2D eigenvalue weighted by Gasteiger charge is -2.08. The minimum atomic E-state index is -0.440. The molecule has 0 aliphatic carbocycles. The summed E-state index contributed by atoms with van der Waals surface area (Å²) in [5, 5.41) is 0. The molecular weight excluding hydrogens is 182 g/mol. The lowest BCUT2D eigenvalue weighted by atomic mass is 10.1. The number of hydrogen-bond donors (Lipinski definition) is 0. The molecule has 0 bridgehead atoms. The van der Waals surface area contributed by atoms with Crippen LogP contribution in [-0.4, -0.2) is 18.7 Å². The smallest absolute Gasteiger partial charge is 0.335 e. The zero-order chi connectivity index (χ0) is 11.0. The number of rotatable bonds is 5.